The van der Waals surface area contributed by atoms with Crippen molar-refractivity contribution in [2.45, 2.75) is 30.7 Å². The lowest BCUT2D eigenvalue weighted by atomic mass is 10.0. The normalized spacial score (nSPS) is 21.0. The second-order valence-electron chi connectivity index (χ2n) is 6.42. The lowest BCUT2D eigenvalue weighted by Crippen LogP contribution is -2.44. The summed E-state index contributed by atoms with van der Waals surface area (Å²) in [6.45, 7) is 0. The third-order valence-electron chi connectivity index (χ3n) is 4.65. The number of halogens is 1. The van der Waals surface area contributed by atoms with Crippen LogP contribution in [0.25, 0.3) is 0 Å². The Labute approximate surface area is 156 Å². The molecule has 6 heteroatoms. The molecule has 1 saturated carbocycles. The van der Waals surface area contributed by atoms with Crippen molar-refractivity contribution in [3.05, 3.63) is 70.7 Å². The number of benzene rings is 2. The molecule has 0 saturated heterocycles. The second-order valence-corrected chi connectivity index (χ2v) is 6.86. The molecular weight excluding hydrogens is 354 g/mol. The molecule has 0 aliphatic heterocycles. The van der Waals surface area contributed by atoms with E-state index in [1.165, 1.54) is 0 Å². The van der Waals surface area contributed by atoms with Gasteiger partial charge in [-0.3, -0.25) is 9.59 Å². The van der Waals surface area contributed by atoms with E-state index in [1.807, 2.05) is 30.3 Å². The maximum Gasteiger partial charge on any atom is 0.330 e. The number of carbonyl (C=O) groups is 3. The highest BCUT2D eigenvalue weighted by atomic mass is 35.5. The molecule has 0 aromatic heterocycles. The van der Waals surface area contributed by atoms with Crippen molar-refractivity contribution in [3.63, 3.8) is 0 Å². The van der Waals surface area contributed by atoms with E-state index in [0.717, 1.165) is 5.56 Å². The van der Waals surface area contributed by atoms with Crippen LogP contribution >= 0.6 is 11.6 Å². The van der Waals surface area contributed by atoms with Gasteiger partial charge in [-0.1, -0.05) is 41.9 Å². The van der Waals surface area contributed by atoms with Gasteiger partial charge >= 0.3 is 5.97 Å². The fraction of sp³-hybridized carbons (Fsp3) is 0.250. The first-order chi connectivity index (χ1) is 12.4. The van der Waals surface area contributed by atoms with E-state index in [0.29, 0.717) is 17.0 Å². The minimum absolute atomic E-state index is 0.0131. The number of amides is 1. The Balaban J connectivity index is 1.59. The van der Waals surface area contributed by atoms with Crippen molar-refractivity contribution in [2.24, 2.45) is 0 Å². The lowest BCUT2D eigenvalue weighted by molar-refractivity contribution is -0.143. The van der Waals surface area contributed by atoms with Crippen LogP contribution in [0, 0.1) is 0 Å². The largest absolute Gasteiger partial charge is 0.479 e. The molecule has 1 aliphatic carbocycles. The van der Waals surface area contributed by atoms with E-state index in [1.54, 1.807) is 24.3 Å². The highest BCUT2D eigenvalue weighted by Gasteiger charge is 2.62. The number of carboxylic acids is 1. The van der Waals surface area contributed by atoms with Crippen LogP contribution in [-0.4, -0.2) is 28.3 Å². The Bertz CT molecular complexity index is 835. The summed E-state index contributed by atoms with van der Waals surface area (Å²) >= 11 is 5.79. The molecule has 134 valence electrons. The van der Waals surface area contributed by atoms with Gasteiger partial charge in [0.15, 0.2) is 5.78 Å². The van der Waals surface area contributed by atoms with E-state index in [-0.39, 0.29) is 24.5 Å². The summed E-state index contributed by atoms with van der Waals surface area (Å²) in [5, 5.41) is 12.7. The molecule has 0 heterocycles. The molecule has 26 heavy (non-hydrogen) atoms. The average Bonchev–Trinajstić information content (AvgIpc) is 3.36. The van der Waals surface area contributed by atoms with Gasteiger partial charge in [0.1, 0.15) is 5.54 Å². The van der Waals surface area contributed by atoms with Crippen LogP contribution in [-0.2, 0) is 9.59 Å². The minimum atomic E-state index is -1.28. The number of hydrogen-bond donors (Lipinski definition) is 2. The third-order valence-corrected chi connectivity index (χ3v) is 4.90. The quantitative estimate of drug-likeness (QED) is 0.730. The number of nitrogens with one attached hydrogen (secondary N) is 1. The van der Waals surface area contributed by atoms with Crippen LogP contribution in [0.15, 0.2) is 54.6 Å². The van der Waals surface area contributed by atoms with Crippen LogP contribution in [0.4, 0.5) is 0 Å². The fourth-order valence-corrected chi connectivity index (χ4v) is 3.22. The van der Waals surface area contributed by atoms with Crippen molar-refractivity contribution in [1.82, 2.24) is 5.32 Å². The van der Waals surface area contributed by atoms with Crippen molar-refractivity contribution in [1.29, 1.82) is 0 Å². The molecule has 1 amide bonds. The number of ketones is 1. The van der Waals surface area contributed by atoms with E-state index in [4.69, 9.17) is 11.6 Å². The first-order valence-corrected chi connectivity index (χ1v) is 8.68. The summed E-state index contributed by atoms with van der Waals surface area (Å²) in [5.74, 6) is -1.93. The van der Waals surface area contributed by atoms with Gasteiger partial charge in [-0.2, -0.15) is 0 Å². The highest BCUT2D eigenvalue weighted by molar-refractivity contribution is 6.30. The van der Waals surface area contributed by atoms with Crippen molar-refractivity contribution in [3.8, 4) is 0 Å². The Hall–Kier alpha value is -2.66. The molecule has 2 aromatic carbocycles. The summed E-state index contributed by atoms with van der Waals surface area (Å²) in [6, 6.07) is 15.7. The molecule has 0 bridgehead atoms. The zero-order valence-corrected chi connectivity index (χ0v) is 14.7. The van der Waals surface area contributed by atoms with Gasteiger partial charge in [0.2, 0.25) is 5.91 Å². The third kappa shape index (κ3) is 3.78. The van der Waals surface area contributed by atoms with E-state index in [9.17, 15) is 19.5 Å². The minimum Gasteiger partial charge on any atom is -0.479 e. The molecule has 1 aliphatic rings. The highest BCUT2D eigenvalue weighted by Crippen LogP contribution is 2.51. The average molecular weight is 372 g/mol. The summed E-state index contributed by atoms with van der Waals surface area (Å²) in [6.07, 6.45) is 0.306. The van der Waals surface area contributed by atoms with Gasteiger partial charge in [-0.25, -0.2) is 4.79 Å². The number of carbonyl (C=O) groups excluding carboxylic acids is 2. The maximum atomic E-state index is 12.2. The Morgan fingerprint density at radius 2 is 1.69 bits per heavy atom. The summed E-state index contributed by atoms with van der Waals surface area (Å²) in [7, 11) is 0. The van der Waals surface area contributed by atoms with Gasteiger partial charge < -0.3 is 10.4 Å². The summed E-state index contributed by atoms with van der Waals surface area (Å²) < 4.78 is 0. The van der Waals surface area contributed by atoms with Crippen molar-refractivity contribution in [2.75, 3.05) is 0 Å². The predicted molar refractivity (Wildman–Crippen MR) is 97.3 cm³/mol. The molecule has 2 atom stereocenters. The van der Waals surface area contributed by atoms with Gasteiger partial charge in [0.25, 0.3) is 0 Å². The monoisotopic (exact) mass is 371 g/mol. The molecular formula is C20H18ClNO4. The van der Waals surface area contributed by atoms with E-state index in [2.05, 4.69) is 5.32 Å². The van der Waals surface area contributed by atoms with Crippen LogP contribution < -0.4 is 5.32 Å². The van der Waals surface area contributed by atoms with Crippen LogP contribution in [0.1, 0.15) is 41.1 Å². The zero-order chi connectivity index (χ0) is 18.7. The molecule has 5 nitrogen and oxygen atoms in total. The van der Waals surface area contributed by atoms with E-state index < -0.39 is 17.4 Å². The molecule has 0 spiro atoms. The zero-order valence-electron chi connectivity index (χ0n) is 13.9. The number of hydrogen-bond acceptors (Lipinski definition) is 3. The topological polar surface area (TPSA) is 83.5 Å². The van der Waals surface area contributed by atoms with Crippen LogP contribution in [0.5, 0.6) is 0 Å². The smallest absolute Gasteiger partial charge is 0.330 e. The number of rotatable bonds is 7. The molecule has 0 radical (unpaired) electrons. The second kappa shape index (κ2) is 7.30. The first-order valence-electron chi connectivity index (χ1n) is 8.30. The summed E-state index contributed by atoms with van der Waals surface area (Å²) in [4.78, 5) is 36.0. The molecule has 1 fully saturated rings. The molecule has 2 N–H and O–H groups in total. The van der Waals surface area contributed by atoms with Crippen molar-refractivity contribution < 1.29 is 19.5 Å². The Morgan fingerprint density at radius 3 is 2.31 bits per heavy atom. The lowest BCUT2D eigenvalue weighted by Gasteiger charge is -2.15. The van der Waals surface area contributed by atoms with Crippen LogP contribution in [0.2, 0.25) is 5.02 Å². The standard InChI is InChI=1S/C20H18ClNO4/c21-15-8-6-14(7-9-15)17(23)10-11-18(24)22-20(19(25)26)12-16(20)13-4-2-1-3-5-13/h1-9,16H,10-12H2,(H,22,24)(H,25,26). The number of carboxylic acid groups (broad SMARTS) is 1. The fourth-order valence-electron chi connectivity index (χ4n) is 3.10. The van der Waals surface area contributed by atoms with Gasteiger partial charge in [0.05, 0.1) is 0 Å². The van der Waals surface area contributed by atoms with E-state index >= 15 is 0 Å². The maximum absolute atomic E-state index is 12.2. The van der Waals surface area contributed by atoms with Gasteiger partial charge in [-0.15, -0.1) is 0 Å². The first kappa shape index (κ1) is 18.1. The SMILES string of the molecule is O=C(CCC(=O)c1ccc(Cl)cc1)NC1(C(=O)O)CC1c1ccccc1. The Morgan fingerprint density at radius 1 is 1.04 bits per heavy atom. The predicted octanol–water partition coefficient (Wildman–Crippen LogP) is 3.43. The summed E-state index contributed by atoms with van der Waals surface area (Å²) in [5.41, 5.74) is 0.0815. The van der Waals surface area contributed by atoms with Gasteiger partial charge in [0, 0.05) is 29.3 Å². The molecule has 2 unspecified atom stereocenters. The van der Waals surface area contributed by atoms with Crippen LogP contribution in [0.3, 0.4) is 0 Å². The van der Waals surface area contributed by atoms with Crippen molar-refractivity contribution >= 4 is 29.3 Å². The molecule has 3 rings (SSSR count). The van der Waals surface area contributed by atoms with Gasteiger partial charge in [-0.05, 0) is 36.2 Å². The Kier molecular flexibility index (Phi) is 5.09. The number of Topliss-reactive ketones (excluding diaryl/α,β-unsaturated/α-hetero) is 1. The molecule has 2 aromatic rings. The number of aliphatic carboxylic acids is 1.